The van der Waals surface area contributed by atoms with Crippen molar-refractivity contribution in [1.29, 1.82) is 0 Å². The van der Waals surface area contributed by atoms with E-state index in [0.717, 1.165) is 25.9 Å². The molecule has 2 rings (SSSR count). The molecule has 3 atom stereocenters. The average molecular weight is 185 g/mol. The summed E-state index contributed by atoms with van der Waals surface area (Å²) in [4.78, 5) is 2.14. The molecule has 3 nitrogen and oxygen atoms in total. The normalized spacial score (nSPS) is 51.2. The summed E-state index contributed by atoms with van der Waals surface area (Å²) < 4.78 is 0. The van der Waals surface area contributed by atoms with Crippen LogP contribution in [0, 0.1) is 11.3 Å². The highest BCUT2D eigenvalue weighted by Gasteiger charge is 2.64. The third-order valence-electron chi connectivity index (χ3n) is 4.10. The lowest BCUT2D eigenvalue weighted by molar-refractivity contribution is -0.0517. The number of nitrogens with zero attached hydrogens (tertiary/aromatic N) is 1. The van der Waals surface area contributed by atoms with Crippen molar-refractivity contribution < 1.29 is 10.2 Å². The maximum absolute atomic E-state index is 10.4. The molecular formula is C10H19NO2. The molecule has 0 bridgehead atoms. The summed E-state index contributed by atoms with van der Waals surface area (Å²) >= 11 is 0. The van der Waals surface area contributed by atoms with Gasteiger partial charge in [-0.05, 0) is 25.8 Å². The Morgan fingerprint density at radius 3 is 2.46 bits per heavy atom. The molecule has 1 saturated carbocycles. The quantitative estimate of drug-likeness (QED) is 0.640. The van der Waals surface area contributed by atoms with E-state index in [1.54, 1.807) is 0 Å². The number of hydrogen-bond acceptors (Lipinski definition) is 3. The zero-order valence-corrected chi connectivity index (χ0v) is 8.45. The minimum atomic E-state index is -0.629. The lowest BCUT2D eigenvalue weighted by Crippen LogP contribution is -2.45. The maximum atomic E-state index is 10.4. The Hall–Kier alpha value is -0.120. The van der Waals surface area contributed by atoms with Gasteiger partial charge in [0.1, 0.15) is 0 Å². The molecule has 1 aliphatic carbocycles. The predicted octanol–water partition coefficient (Wildman–Crippen LogP) is 0.0715. The van der Waals surface area contributed by atoms with Gasteiger partial charge in [0.25, 0.3) is 0 Å². The van der Waals surface area contributed by atoms with Gasteiger partial charge in [0.15, 0.2) is 0 Å². The molecule has 0 aromatic heterocycles. The van der Waals surface area contributed by atoms with Crippen molar-refractivity contribution in [3.05, 3.63) is 0 Å². The second kappa shape index (κ2) is 2.69. The first-order chi connectivity index (χ1) is 6.04. The Balaban J connectivity index is 2.15. The highest BCUT2D eigenvalue weighted by molar-refractivity contribution is 5.15. The number of hydrogen-bond donors (Lipinski definition) is 2. The van der Waals surface area contributed by atoms with Gasteiger partial charge in [-0.3, -0.25) is 0 Å². The van der Waals surface area contributed by atoms with Crippen LogP contribution in [0.1, 0.15) is 19.8 Å². The molecule has 2 N–H and O–H groups in total. The molecule has 0 spiro atoms. The van der Waals surface area contributed by atoms with E-state index < -0.39 is 5.60 Å². The molecule has 0 aromatic carbocycles. The van der Waals surface area contributed by atoms with Gasteiger partial charge >= 0.3 is 0 Å². The molecule has 13 heavy (non-hydrogen) atoms. The van der Waals surface area contributed by atoms with Crippen molar-refractivity contribution in [2.24, 2.45) is 11.3 Å². The van der Waals surface area contributed by atoms with Crippen LogP contribution in [0.4, 0.5) is 0 Å². The van der Waals surface area contributed by atoms with Crippen molar-refractivity contribution in [2.45, 2.75) is 25.4 Å². The fraction of sp³-hybridized carbons (Fsp3) is 1.00. The van der Waals surface area contributed by atoms with Crippen LogP contribution in [0.15, 0.2) is 0 Å². The summed E-state index contributed by atoms with van der Waals surface area (Å²) in [7, 11) is 2.02. The fourth-order valence-electron chi connectivity index (χ4n) is 2.89. The van der Waals surface area contributed by atoms with Gasteiger partial charge in [-0.15, -0.1) is 0 Å². The van der Waals surface area contributed by atoms with Crippen LogP contribution in [0.2, 0.25) is 0 Å². The number of β-amino-alcohol motifs (C(OH)–C–C–N with tert-alkyl or cyclic N) is 1. The van der Waals surface area contributed by atoms with Crippen molar-refractivity contribution in [3.63, 3.8) is 0 Å². The highest BCUT2D eigenvalue weighted by Crippen LogP contribution is 2.61. The van der Waals surface area contributed by atoms with Gasteiger partial charge in [-0.1, -0.05) is 6.92 Å². The lowest BCUT2D eigenvalue weighted by Gasteiger charge is -2.32. The third-order valence-corrected chi connectivity index (χ3v) is 4.10. The molecule has 76 valence electrons. The van der Waals surface area contributed by atoms with Crippen molar-refractivity contribution in [1.82, 2.24) is 4.90 Å². The average Bonchev–Trinajstić information content (AvgIpc) is 2.63. The van der Waals surface area contributed by atoms with Crippen molar-refractivity contribution in [2.75, 3.05) is 26.7 Å². The van der Waals surface area contributed by atoms with Crippen LogP contribution in [0.3, 0.4) is 0 Å². The van der Waals surface area contributed by atoms with E-state index >= 15 is 0 Å². The van der Waals surface area contributed by atoms with Crippen LogP contribution in [-0.4, -0.2) is 47.5 Å². The number of aliphatic hydroxyl groups excluding tert-OH is 1. The summed E-state index contributed by atoms with van der Waals surface area (Å²) in [6.45, 7) is 3.92. The summed E-state index contributed by atoms with van der Waals surface area (Å²) in [5, 5.41) is 19.8. The van der Waals surface area contributed by atoms with Gasteiger partial charge in [0, 0.05) is 18.5 Å². The number of likely N-dealkylation sites (N-methyl/N-ethyl adjacent to an activating group) is 1. The molecule has 3 unspecified atom stereocenters. The topological polar surface area (TPSA) is 43.7 Å². The van der Waals surface area contributed by atoms with E-state index in [4.69, 9.17) is 0 Å². The summed E-state index contributed by atoms with van der Waals surface area (Å²) in [5.74, 6) is 0.481. The fourth-order valence-corrected chi connectivity index (χ4v) is 2.89. The summed E-state index contributed by atoms with van der Waals surface area (Å²) in [6, 6.07) is 0. The minimum Gasteiger partial charge on any atom is -0.396 e. The van der Waals surface area contributed by atoms with Gasteiger partial charge < -0.3 is 15.1 Å². The van der Waals surface area contributed by atoms with Gasteiger partial charge in [0.2, 0.25) is 0 Å². The van der Waals surface area contributed by atoms with Gasteiger partial charge in [-0.25, -0.2) is 0 Å². The first-order valence-corrected chi connectivity index (χ1v) is 5.06. The van der Waals surface area contributed by atoms with Crippen LogP contribution in [-0.2, 0) is 0 Å². The Kier molecular flexibility index (Phi) is 1.95. The van der Waals surface area contributed by atoms with Crippen molar-refractivity contribution in [3.8, 4) is 0 Å². The van der Waals surface area contributed by atoms with Crippen LogP contribution in [0.25, 0.3) is 0 Å². The summed E-state index contributed by atoms with van der Waals surface area (Å²) in [5.41, 5.74) is -0.812. The molecule has 1 aliphatic heterocycles. The predicted molar refractivity (Wildman–Crippen MR) is 50.4 cm³/mol. The van der Waals surface area contributed by atoms with Gasteiger partial charge in [0.05, 0.1) is 12.2 Å². The molecule has 3 heteroatoms. The van der Waals surface area contributed by atoms with Gasteiger partial charge in [-0.2, -0.15) is 0 Å². The Labute approximate surface area is 79.4 Å². The standard InChI is InChI=1S/C10H19NO2/c1-8-5-9(8,7-12)10(13)3-4-11(2)6-10/h8,12-13H,3-7H2,1-2H3. The zero-order chi connectivity index (χ0) is 9.69. The molecule has 0 aromatic rings. The molecule has 2 aliphatic rings. The Morgan fingerprint density at radius 2 is 2.15 bits per heavy atom. The highest BCUT2D eigenvalue weighted by atomic mass is 16.3. The minimum absolute atomic E-state index is 0.137. The first kappa shape index (κ1) is 9.44. The first-order valence-electron chi connectivity index (χ1n) is 5.06. The number of likely N-dealkylation sites (tertiary alicyclic amines) is 1. The van der Waals surface area contributed by atoms with Crippen molar-refractivity contribution >= 4 is 0 Å². The zero-order valence-electron chi connectivity index (χ0n) is 8.45. The molecule has 0 radical (unpaired) electrons. The van der Waals surface area contributed by atoms with Crippen LogP contribution >= 0.6 is 0 Å². The molecule has 2 fully saturated rings. The second-order valence-corrected chi connectivity index (χ2v) is 4.94. The monoisotopic (exact) mass is 185 g/mol. The molecular weight excluding hydrogens is 166 g/mol. The number of rotatable bonds is 2. The van der Waals surface area contributed by atoms with Crippen LogP contribution in [0.5, 0.6) is 0 Å². The van der Waals surface area contributed by atoms with E-state index in [-0.39, 0.29) is 12.0 Å². The van der Waals surface area contributed by atoms with E-state index in [9.17, 15) is 10.2 Å². The largest absolute Gasteiger partial charge is 0.396 e. The third kappa shape index (κ3) is 1.14. The SMILES string of the molecule is CC1CC1(CO)C1(O)CCN(C)C1. The van der Waals surface area contributed by atoms with E-state index in [2.05, 4.69) is 11.8 Å². The van der Waals surface area contributed by atoms with E-state index in [0.29, 0.717) is 5.92 Å². The van der Waals surface area contributed by atoms with E-state index in [1.807, 2.05) is 7.05 Å². The van der Waals surface area contributed by atoms with Crippen LogP contribution < -0.4 is 0 Å². The summed E-state index contributed by atoms with van der Waals surface area (Å²) in [6.07, 6.45) is 1.79. The smallest absolute Gasteiger partial charge is 0.0866 e. The Bertz CT molecular complexity index is 217. The maximum Gasteiger partial charge on any atom is 0.0866 e. The number of aliphatic hydroxyl groups is 2. The Morgan fingerprint density at radius 1 is 1.54 bits per heavy atom. The molecule has 1 saturated heterocycles. The molecule has 1 heterocycles. The second-order valence-electron chi connectivity index (χ2n) is 4.94. The van der Waals surface area contributed by atoms with E-state index in [1.165, 1.54) is 0 Å². The molecule has 0 amide bonds. The lowest BCUT2D eigenvalue weighted by atomic mass is 9.82.